The first-order valence-electron chi connectivity index (χ1n) is 13.9. The molecule has 5 N–H and O–H groups in total. The first-order chi connectivity index (χ1) is 21.7. The number of fused-ring (bicyclic) bond motifs is 2. The Hall–Kier alpha value is -4.76. The van der Waals surface area contributed by atoms with Crippen molar-refractivity contribution in [3.8, 4) is 39.5 Å². The van der Waals surface area contributed by atoms with Crippen LogP contribution in [0.15, 0.2) is 54.0 Å². The number of halogens is 2. The monoisotopic (exact) mass is 634 g/mol. The summed E-state index contributed by atoms with van der Waals surface area (Å²) < 4.78 is 38.3. The maximum atomic E-state index is 15.8. The van der Waals surface area contributed by atoms with Crippen molar-refractivity contribution < 1.29 is 33.6 Å². The number of pyridine rings is 1. The number of hydrogen-bond acceptors (Lipinski definition) is 9. The lowest BCUT2D eigenvalue weighted by Gasteiger charge is -2.17. The molecule has 0 spiro atoms. The Balaban J connectivity index is 1.59. The number of hydrogen-bond donors (Lipinski definition) is 5. The number of aliphatic hydroxyl groups excluding tert-OH is 3. The molecule has 4 aromatic heterocycles. The van der Waals surface area contributed by atoms with Gasteiger partial charge in [-0.05, 0) is 36.6 Å². The third-order valence-corrected chi connectivity index (χ3v) is 8.32. The van der Waals surface area contributed by atoms with Gasteiger partial charge in [-0.2, -0.15) is 10.2 Å². The fourth-order valence-corrected chi connectivity index (χ4v) is 6.13. The molecule has 0 radical (unpaired) electrons. The molecule has 0 aliphatic carbocycles. The van der Waals surface area contributed by atoms with Crippen molar-refractivity contribution in [2.75, 3.05) is 19.8 Å². The largest absolute Gasteiger partial charge is 0.490 e. The number of nitrogens with one attached hydrogen (secondary N) is 2. The van der Waals surface area contributed by atoms with Gasteiger partial charge in [0.2, 0.25) is 0 Å². The predicted octanol–water partition coefficient (Wildman–Crippen LogP) is 4.09. The average Bonchev–Trinajstić information content (AvgIpc) is 3.79. The number of thiophene rings is 1. The number of carbonyl (C=O) groups excluding carboxylic acids is 1. The molecule has 0 bridgehead atoms. The van der Waals surface area contributed by atoms with Gasteiger partial charge in [-0.3, -0.25) is 14.6 Å². The molecule has 0 aliphatic rings. The zero-order valence-electron chi connectivity index (χ0n) is 24.1. The van der Waals surface area contributed by atoms with Crippen LogP contribution in [0.25, 0.3) is 54.8 Å². The Morgan fingerprint density at radius 3 is 2.73 bits per heavy atom. The van der Waals surface area contributed by atoms with Gasteiger partial charge in [0.05, 0.1) is 47.9 Å². The SMILES string of the molecule is C[C@@H](NC(=O)[C@H](O)CO)c1cc(-c2nc(-c3ccc4c(cnn4C)c3)c3ccsc3c2-c2c(F)cc(F)cc2OCCO)n[nH]1. The maximum Gasteiger partial charge on any atom is 0.251 e. The molecule has 11 nitrogen and oxygen atoms in total. The van der Waals surface area contributed by atoms with Crippen LogP contribution >= 0.6 is 11.3 Å². The number of amides is 1. The molecule has 0 aliphatic heterocycles. The molecule has 2 atom stereocenters. The molecule has 0 saturated carbocycles. The number of aryl methyl sites for hydroxylation is 1. The Morgan fingerprint density at radius 2 is 1.96 bits per heavy atom. The van der Waals surface area contributed by atoms with Gasteiger partial charge in [-0.1, -0.05) is 6.07 Å². The topological polar surface area (TPSA) is 158 Å². The summed E-state index contributed by atoms with van der Waals surface area (Å²) >= 11 is 1.34. The highest BCUT2D eigenvalue weighted by molar-refractivity contribution is 7.18. The maximum absolute atomic E-state index is 15.8. The molecule has 232 valence electrons. The number of aromatic amines is 1. The van der Waals surface area contributed by atoms with Gasteiger partial charge in [0.25, 0.3) is 5.91 Å². The number of ether oxygens (including phenoxy) is 1. The molecular weight excluding hydrogens is 606 g/mol. The van der Waals surface area contributed by atoms with Crippen LogP contribution in [0, 0.1) is 11.6 Å². The first kappa shape index (κ1) is 30.3. The summed E-state index contributed by atoms with van der Waals surface area (Å²) in [5, 5.41) is 45.9. The van der Waals surface area contributed by atoms with E-state index in [1.54, 1.807) is 23.9 Å². The van der Waals surface area contributed by atoms with Crippen LogP contribution in [0.3, 0.4) is 0 Å². The minimum Gasteiger partial charge on any atom is -0.490 e. The van der Waals surface area contributed by atoms with Crippen LogP contribution in [-0.4, -0.2) is 72.1 Å². The Morgan fingerprint density at radius 1 is 1.13 bits per heavy atom. The van der Waals surface area contributed by atoms with E-state index < -0.39 is 36.3 Å². The number of rotatable bonds is 10. The fourth-order valence-electron chi connectivity index (χ4n) is 5.19. The number of nitrogens with zero attached hydrogens (tertiary/aromatic N) is 4. The third-order valence-electron chi connectivity index (χ3n) is 7.39. The van der Waals surface area contributed by atoms with E-state index in [4.69, 9.17) is 14.8 Å². The van der Waals surface area contributed by atoms with Gasteiger partial charge < -0.3 is 25.4 Å². The summed E-state index contributed by atoms with van der Waals surface area (Å²) in [6.45, 7) is 0.354. The molecule has 0 unspecified atom stereocenters. The van der Waals surface area contributed by atoms with Crippen molar-refractivity contribution in [3.63, 3.8) is 0 Å². The van der Waals surface area contributed by atoms with E-state index in [1.165, 1.54) is 11.3 Å². The van der Waals surface area contributed by atoms with E-state index in [1.807, 2.05) is 36.7 Å². The minimum absolute atomic E-state index is 0.0500. The summed E-state index contributed by atoms with van der Waals surface area (Å²) in [4.78, 5) is 17.2. The average molecular weight is 635 g/mol. The van der Waals surface area contributed by atoms with Crippen molar-refractivity contribution >= 4 is 38.2 Å². The number of aliphatic hydroxyl groups is 3. The molecule has 6 rings (SSSR count). The highest BCUT2D eigenvalue weighted by Gasteiger charge is 2.27. The Bertz CT molecular complexity index is 2040. The Kier molecular flexibility index (Phi) is 8.29. The van der Waals surface area contributed by atoms with E-state index in [-0.39, 0.29) is 30.2 Å². The molecule has 45 heavy (non-hydrogen) atoms. The molecule has 6 aromatic rings. The van der Waals surface area contributed by atoms with Gasteiger partial charge >= 0.3 is 0 Å². The fraction of sp³-hybridized carbons (Fsp3) is 0.226. The molecule has 1 amide bonds. The van der Waals surface area contributed by atoms with Crippen LogP contribution in [0.2, 0.25) is 0 Å². The molecule has 14 heteroatoms. The van der Waals surface area contributed by atoms with Gasteiger partial charge in [0.15, 0.2) is 6.10 Å². The molecular formula is C31H28F2N6O5S. The summed E-state index contributed by atoms with van der Waals surface area (Å²) in [5.41, 5.74) is 3.54. The molecule has 0 saturated heterocycles. The van der Waals surface area contributed by atoms with Crippen LogP contribution in [0.1, 0.15) is 18.7 Å². The van der Waals surface area contributed by atoms with Gasteiger partial charge in [0.1, 0.15) is 35.4 Å². The Labute approximate surface area is 258 Å². The van der Waals surface area contributed by atoms with E-state index in [9.17, 15) is 19.4 Å². The van der Waals surface area contributed by atoms with Gasteiger partial charge in [-0.25, -0.2) is 13.8 Å². The first-order valence-corrected chi connectivity index (χ1v) is 14.8. The van der Waals surface area contributed by atoms with Crippen molar-refractivity contribution in [1.82, 2.24) is 30.3 Å². The van der Waals surface area contributed by atoms with E-state index >= 15 is 4.39 Å². The molecule has 0 fully saturated rings. The smallest absolute Gasteiger partial charge is 0.251 e. The predicted molar refractivity (Wildman–Crippen MR) is 164 cm³/mol. The van der Waals surface area contributed by atoms with Crippen molar-refractivity contribution in [2.45, 2.75) is 19.1 Å². The third kappa shape index (κ3) is 5.64. The van der Waals surface area contributed by atoms with E-state index in [0.29, 0.717) is 32.7 Å². The van der Waals surface area contributed by atoms with Crippen molar-refractivity contribution in [1.29, 1.82) is 0 Å². The summed E-state index contributed by atoms with van der Waals surface area (Å²) in [6, 6.07) is 10.5. The minimum atomic E-state index is -1.59. The second-order valence-corrected chi connectivity index (χ2v) is 11.3. The highest BCUT2D eigenvalue weighted by Crippen LogP contribution is 2.47. The van der Waals surface area contributed by atoms with Crippen LogP contribution in [0.4, 0.5) is 8.78 Å². The summed E-state index contributed by atoms with van der Waals surface area (Å²) in [6.07, 6.45) is 0.156. The number of aromatic nitrogens is 5. The van der Waals surface area contributed by atoms with Gasteiger partial charge in [0, 0.05) is 45.8 Å². The van der Waals surface area contributed by atoms with Gasteiger partial charge in [-0.15, -0.1) is 11.3 Å². The van der Waals surface area contributed by atoms with Crippen LogP contribution in [0.5, 0.6) is 5.75 Å². The lowest BCUT2D eigenvalue weighted by Crippen LogP contribution is -2.38. The number of benzene rings is 2. The summed E-state index contributed by atoms with van der Waals surface area (Å²) in [7, 11) is 1.85. The number of carbonyl (C=O) groups is 1. The molecule has 2 aromatic carbocycles. The second-order valence-electron chi connectivity index (χ2n) is 10.4. The van der Waals surface area contributed by atoms with E-state index in [0.717, 1.165) is 28.6 Å². The van der Waals surface area contributed by atoms with Crippen molar-refractivity contribution in [3.05, 3.63) is 71.4 Å². The highest BCUT2D eigenvalue weighted by atomic mass is 32.1. The van der Waals surface area contributed by atoms with Crippen LogP contribution < -0.4 is 10.1 Å². The zero-order chi connectivity index (χ0) is 31.8. The quantitative estimate of drug-likeness (QED) is 0.151. The standard InChI is InChI=1S/C31H28F2N6O5S/c1-15(35-31(43)24(42)14-41)21-12-22(38-37-21)29-27(26-20(33)10-18(32)11-25(26)44-7-6-40)30-19(5-8-45-30)28(36-29)16-3-4-23-17(9-16)13-34-39(23)2/h3-5,8-13,15,24,40-42H,6-7,14H2,1-2H3,(H,35,43)(H,37,38)/t15-,24-/m1/s1. The second kappa shape index (κ2) is 12.3. The number of H-pyrrole nitrogens is 1. The zero-order valence-corrected chi connectivity index (χ0v) is 24.9. The lowest BCUT2D eigenvalue weighted by atomic mass is 9.96. The molecule has 4 heterocycles. The summed E-state index contributed by atoms with van der Waals surface area (Å²) in [5.74, 6) is -2.62. The van der Waals surface area contributed by atoms with Crippen molar-refractivity contribution in [2.24, 2.45) is 7.05 Å². The normalized spacial score (nSPS) is 13.0. The lowest BCUT2D eigenvalue weighted by molar-refractivity contribution is -0.131. The van der Waals surface area contributed by atoms with E-state index in [2.05, 4.69) is 20.6 Å². The van der Waals surface area contributed by atoms with Crippen LogP contribution in [-0.2, 0) is 11.8 Å².